The maximum Gasteiger partial charge on any atom is 0.420 e. The molecule has 0 bridgehead atoms. The number of carbonyl (C=O) groups excluding carboxylic acids is 1. The third-order valence-corrected chi connectivity index (χ3v) is 8.43. The molecule has 45 heavy (non-hydrogen) atoms. The average molecular weight is 639 g/mol. The fourth-order valence-corrected chi connectivity index (χ4v) is 5.33. The van der Waals surface area contributed by atoms with E-state index in [2.05, 4.69) is 27.1 Å². The van der Waals surface area contributed by atoms with Crippen LogP contribution in [-0.4, -0.2) is 61.2 Å². The molecule has 0 atom stereocenters. The number of benzene rings is 3. The van der Waals surface area contributed by atoms with Crippen LogP contribution in [0, 0.1) is 20.8 Å². The number of rotatable bonds is 6. The Labute approximate surface area is 265 Å². The molecular weight excluding hydrogens is 605 g/mol. The van der Waals surface area contributed by atoms with Crippen molar-refractivity contribution in [2.45, 2.75) is 26.9 Å². The molecule has 1 aliphatic rings. The van der Waals surface area contributed by atoms with Gasteiger partial charge in [-0.05, 0) is 80.9 Å². The molecule has 1 fully saturated rings. The van der Waals surface area contributed by atoms with E-state index < -0.39 is 17.8 Å². The zero-order chi connectivity index (χ0) is 32.5. The third-order valence-electron chi connectivity index (χ3n) is 8.11. The van der Waals surface area contributed by atoms with Crippen LogP contribution in [0.2, 0.25) is 5.02 Å². The van der Waals surface area contributed by atoms with Gasteiger partial charge >= 0.3 is 12.3 Å². The van der Waals surface area contributed by atoms with Crippen LogP contribution in [0.1, 0.15) is 22.3 Å². The Balaban J connectivity index is 1.48. The molecule has 0 spiro atoms. The fraction of sp³-hybridized carbons (Fsp3) is 0.303. The summed E-state index contributed by atoms with van der Waals surface area (Å²) in [7, 11) is 3.38. The third kappa shape index (κ3) is 7.32. The topological polar surface area (TPSA) is 73.8 Å². The highest BCUT2D eigenvalue weighted by molar-refractivity contribution is 6.33. The number of amides is 1. The van der Waals surface area contributed by atoms with Gasteiger partial charge in [-0.15, -0.1) is 0 Å². The first kappa shape index (κ1) is 32.1. The van der Waals surface area contributed by atoms with Crippen molar-refractivity contribution in [3.63, 3.8) is 0 Å². The van der Waals surface area contributed by atoms with Gasteiger partial charge in [-0.2, -0.15) is 18.2 Å². The van der Waals surface area contributed by atoms with E-state index in [-0.39, 0.29) is 22.5 Å². The smallest absolute Gasteiger partial charge is 0.391 e. The Hall–Kier alpha value is -4.35. The summed E-state index contributed by atoms with van der Waals surface area (Å²) in [6, 6.07) is 16.1. The van der Waals surface area contributed by atoms with Gasteiger partial charge in [0.25, 0.3) is 0 Å². The number of aromatic nitrogens is 2. The number of nitrogens with zero attached hydrogens (tertiary/aromatic N) is 5. The van der Waals surface area contributed by atoms with Gasteiger partial charge in [0.2, 0.25) is 11.8 Å². The molecule has 0 aliphatic carbocycles. The van der Waals surface area contributed by atoms with Crippen LogP contribution in [0.4, 0.5) is 41.0 Å². The monoisotopic (exact) mass is 638 g/mol. The summed E-state index contributed by atoms with van der Waals surface area (Å²) in [5.41, 5.74) is 5.24. The molecule has 3 aromatic carbocycles. The molecule has 8 nitrogen and oxygen atoms in total. The summed E-state index contributed by atoms with van der Waals surface area (Å²) in [6.45, 7) is 9.77. The first-order chi connectivity index (χ1) is 21.3. The second-order valence-electron chi connectivity index (χ2n) is 11.2. The van der Waals surface area contributed by atoms with Gasteiger partial charge in [-0.25, -0.2) is 9.78 Å². The Bertz CT molecular complexity index is 1720. The molecular formula is C33H34ClF3N6O2. The van der Waals surface area contributed by atoms with Crippen LogP contribution in [0.3, 0.4) is 0 Å². The molecule has 2 heterocycles. The molecule has 0 radical (unpaired) electrons. The molecule has 1 saturated heterocycles. The lowest BCUT2D eigenvalue weighted by Crippen LogP contribution is -2.44. The quantitative estimate of drug-likeness (QED) is 0.230. The average Bonchev–Trinajstić information content (AvgIpc) is 2.99. The number of nitrogens with one attached hydrogen (secondary N) is 1. The van der Waals surface area contributed by atoms with Crippen molar-refractivity contribution in [3.8, 4) is 17.1 Å². The van der Waals surface area contributed by atoms with Gasteiger partial charge in [-0.3, -0.25) is 4.90 Å². The van der Waals surface area contributed by atoms with Crippen LogP contribution >= 0.6 is 11.6 Å². The lowest BCUT2D eigenvalue weighted by atomic mass is 9.97. The zero-order valence-corrected chi connectivity index (χ0v) is 26.4. The normalized spacial score (nSPS) is 13.9. The van der Waals surface area contributed by atoms with Gasteiger partial charge in [0.05, 0.1) is 22.0 Å². The maximum atomic E-state index is 13.4. The molecule has 0 saturated carbocycles. The highest BCUT2D eigenvalue weighted by Gasteiger charge is 2.32. The van der Waals surface area contributed by atoms with E-state index >= 15 is 0 Å². The van der Waals surface area contributed by atoms with E-state index in [1.807, 2.05) is 57.2 Å². The summed E-state index contributed by atoms with van der Waals surface area (Å²) in [6.07, 6.45) is -5.58. The summed E-state index contributed by atoms with van der Waals surface area (Å²) >= 11 is 6.17. The molecule has 5 rings (SSSR count). The van der Waals surface area contributed by atoms with E-state index in [1.165, 1.54) is 13.1 Å². The van der Waals surface area contributed by atoms with Gasteiger partial charge in [-0.1, -0.05) is 29.8 Å². The van der Waals surface area contributed by atoms with Gasteiger partial charge in [0, 0.05) is 56.2 Å². The number of aryl methyl sites for hydroxylation is 1. The standard InChI is InChI=1S/C33H34ClF3N6O2/c1-20-9-11-26(22(3)21(20)2)28-19-30(45-32(44)42(5)29-17-23(33(35,36)37)10-12-27(29)34)40-31(39-28)38-24-7-6-8-25(18-24)43-15-13-41(4)14-16-43/h6-12,17-19H,13-16H2,1-5H3,(H,38,39,40). The molecule has 12 heteroatoms. The van der Waals surface area contributed by atoms with Crippen molar-refractivity contribution >= 4 is 40.7 Å². The number of halogens is 4. The lowest BCUT2D eigenvalue weighted by molar-refractivity contribution is -0.137. The maximum absolute atomic E-state index is 13.4. The van der Waals surface area contributed by atoms with E-state index in [0.29, 0.717) is 5.69 Å². The van der Waals surface area contributed by atoms with E-state index in [1.54, 1.807) is 0 Å². The van der Waals surface area contributed by atoms with Crippen molar-refractivity contribution in [2.75, 3.05) is 55.4 Å². The minimum absolute atomic E-state index is 0.0424. The highest BCUT2D eigenvalue weighted by atomic mass is 35.5. The van der Waals surface area contributed by atoms with Gasteiger partial charge < -0.3 is 19.9 Å². The Morgan fingerprint density at radius 3 is 2.40 bits per heavy atom. The second-order valence-corrected chi connectivity index (χ2v) is 11.6. The number of anilines is 4. The van der Waals surface area contributed by atoms with Crippen molar-refractivity contribution in [1.29, 1.82) is 0 Å². The van der Waals surface area contributed by atoms with Crippen molar-refractivity contribution < 1.29 is 22.7 Å². The largest absolute Gasteiger partial charge is 0.420 e. The van der Waals surface area contributed by atoms with E-state index in [4.69, 9.17) is 21.3 Å². The molecule has 1 aliphatic heterocycles. The number of hydrogen-bond donors (Lipinski definition) is 1. The van der Waals surface area contributed by atoms with Crippen molar-refractivity contribution in [1.82, 2.24) is 14.9 Å². The van der Waals surface area contributed by atoms with Crippen molar-refractivity contribution in [3.05, 3.63) is 87.9 Å². The Morgan fingerprint density at radius 1 is 0.956 bits per heavy atom. The minimum atomic E-state index is -4.61. The summed E-state index contributed by atoms with van der Waals surface area (Å²) in [5.74, 6) is 0.0958. The number of piperazine rings is 1. The summed E-state index contributed by atoms with van der Waals surface area (Å²) < 4.78 is 45.7. The summed E-state index contributed by atoms with van der Waals surface area (Å²) in [5, 5.41) is 3.20. The first-order valence-corrected chi connectivity index (χ1v) is 14.8. The minimum Gasteiger partial charge on any atom is -0.391 e. The van der Waals surface area contributed by atoms with Crippen LogP contribution in [0.25, 0.3) is 11.3 Å². The number of ether oxygens (including phenoxy) is 1. The second kappa shape index (κ2) is 12.9. The molecule has 236 valence electrons. The number of carbonyl (C=O) groups is 1. The van der Waals surface area contributed by atoms with Crippen LogP contribution in [-0.2, 0) is 6.18 Å². The highest BCUT2D eigenvalue weighted by Crippen LogP contribution is 2.36. The Kier molecular flexibility index (Phi) is 9.22. The van der Waals surface area contributed by atoms with Crippen LogP contribution in [0.5, 0.6) is 5.88 Å². The number of alkyl halides is 3. The molecule has 1 amide bonds. The molecule has 0 unspecified atom stereocenters. The van der Waals surface area contributed by atoms with E-state index in [0.717, 1.165) is 82.9 Å². The lowest BCUT2D eigenvalue weighted by Gasteiger charge is -2.34. The fourth-order valence-electron chi connectivity index (χ4n) is 5.08. The summed E-state index contributed by atoms with van der Waals surface area (Å²) in [4.78, 5) is 27.9. The van der Waals surface area contributed by atoms with E-state index in [9.17, 15) is 18.0 Å². The predicted octanol–water partition coefficient (Wildman–Crippen LogP) is 7.87. The SMILES string of the molecule is Cc1ccc(-c2cc(OC(=O)N(C)c3cc(C(F)(F)F)ccc3Cl)nc(Nc3cccc(N4CCN(C)CC4)c3)n2)c(C)c1C. The molecule has 4 aromatic rings. The molecule has 1 aromatic heterocycles. The number of hydrogen-bond acceptors (Lipinski definition) is 7. The van der Waals surface area contributed by atoms with Crippen molar-refractivity contribution in [2.24, 2.45) is 0 Å². The van der Waals surface area contributed by atoms with Gasteiger partial charge in [0.15, 0.2) is 0 Å². The zero-order valence-electron chi connectivity index (χ0n) is 25.7. The number of likely N-dealkylation sites (N-methyl/N-ethyl adjacent to an activating group) is 1. The Morgan fingerprint density at radius 2 is 1.69 bits per heavy atom. The van der Waals surface area contributed by atoms with Crippen LogP contribution in [0.15, 0.2) is 60.7 Å². The predicted molar refractivity (Wildman–Crippen MR) is 172 cm³/mol. The first-order valence-electron chi connectivity index (χ1n) is 14.4. The van der Waals surface area contributed by atoms with Gasteiger partial charge in [0.1, 0.15) is 0 Å². The molecule has 1 N–H and O–H groups in total. The van der Waals surface area contributed by atoms with Crippen LogP contribution < -0.4 is 19.9 Å².